The maximum absolute atomic E-state index is 6.80. The second-order valence-electron chi connectivity index (χ2n) is 12.8. The van der Waals surface area contributed by atoms with Crippen LogP contribution in [0.1, 0.15) is 53.9 Å². The number of rotatable bonds is 7. The maximum atomic E-state index is 6.80. The van der Waals surface area contributed by atoms with Gasteiger partial charge in [0.2, 0.25) is 0 Å². The Labute approximate surface area is 274 Å². The molecule has 2 nitrogen and oxygen atoms in total. The summed E-state index contributed by atoms with van der Waals surface area (Å²) >= 11 is 1.84. The van der Waals surface area contributed by atoms with Crippen molar-refractivity contribution >= 4 is 38.3 Å². The Morgan fingerprint density at radius 3 is 2.15 bits per heavy atom. The zero-order valence-corrected chi connectivity index (χ0v) is 26.9. The van der Waals surface area contributed by atoms with Crippen LogP contribution in [-0.4, -0.2) is 0 Å². The fourth-order valence-corrected chi connectivity index (χ4v) is 8.12. The molecule has 2 unspecified atom stereocenters. The van der Waals surface area contributed by atoms with Gasteiger partial charge < -0.3 is 5.73 Å². The minimum absolute atomic E-state index is 0.0789. The highest BCUT2D eigenvalue weighted by Crippen LogP contribution is 2.51. The number of benzene rings is 6. The van der Waals surface area contributed by atoms with E-state index in [0.29, 0.717) is 0 Å². The lowest BCUT2D eigenvalue weighted by Crippen LogP contribution is -2.31. The molecule has 8 rings (SSSR count). The molecule has 7 aromatic rings. The van der Waals surface area contributed by atoms with Crippen LogP contribution >= 0.6 is 11.3 Å². The monoisotopic (exact) mass is 612 g/mol. The van der Waals surface area contributed by atoms with E-state index in [4.69, 9.17) is 5.73 Å². The molecule has 0 aliphatic heterocycles. The summed E-state index contributed by atoms with van der Waals surface area (Å²) in [6.07, 6.45) is 4.26. The number of hydrogen-bond donors (Lipinski definition) is 2. The van der Waals surface area contributed by atoms with Gasteiger partial charge in [0.15, 0.2) is 0 Å². The van der Waals surface area contributed by atoms with Crippen molar-refractivity contribution in [3.8, 4) is 21.6 Å². The van der Waals surface area contributed by atoms with Gasteiger partial charge in [0.25, 0.3) is 0 Å². The van der Waals surface area contributed by atoms with Gasteiger partial charge in [-0.1, -0.05) is 135 Å². The van der Waals surface area contributed by atoms with Crippen molar-refractivity contribution < 1.29 is 0 Å². The molecule has 0 radical (unpaired) electrons. The van der Waals surface area contributed by atoms with E-state index in [1.165, 1.54) is 64.7 Å². The number of hydrogen-bond acceptors (Lipinski definition) is 3. The first-order chi connectivity index (χ1) is 22.5. The summed E-state index contributed by atoms with van der Waals surface area (Å²) in [4.78, 5) is 1.27. The van der Waals surface area contributed by atoms with Crippen LogP contribution in [0.3, 0.4) is 0 Å². The van der Waals surface area contributed by atoms with E-state index in [-0.39, 0.29) is 17.6 Å². The molecule has 46 heavy (non-hydrogen) atoms. The number of nitrogens with two attached hydrogens (primary N) is 1. The molecule has 2 atom stereocenters. The fraction of sp³-hybridized carbons (Fsp3) is 0.116. The van der Waals surface area contributed by atoms with Crippen LogP contribution in [0.2, 0.25) is 0 Å². The van der Waals surface area contributed by atoms with Crippen molar-refractivity contribution in [1.29, 1.82) is 0 Å². The summed E-state index contributed by atoms with van der Waals surface area (Å²) in [5.74, 6) is 0. The Morgan fingerprint density at radius 2 is 1.35 bits per heavy atom. The zero-order chi connectivity index (χ0) is 31.3. The van der Waals surface area contributed by atoms with E-state index >= 15 is 0 Å². The van der Waals surface area contributed by atoms with Crippen LogP contribution in [-0.2, 0) is 5.41 Å². The van der Waals surface area contributed by atoms with Gasteiger partial charge in [0, 0.05) is 15.0 Å². The van der Waals surface area contributed by atoms with E-state index in [0.717, 1.165) is 5.56 Å². The van der Waals surface area contributed by atoms with E-state index < -0.39 is 0 Å². The van der Waals surface area contributed by atoms with Crippen LogP contribution in [0.15, 0.2) is 146 Å². The summed E-state index contributed by atoms with van der Waals surface area (Å²) in [6.45, 7) is 4.70. The van der Waals surface area contributed by atoms with Crippen LogP contribution in [0, 0.1) is 0 Å². The third-order valence-electron chi connectivity index (χ3n) is 9.54. The average molecular weight is 613 g/mol. The second-order valence-corrected chi connectivity index (χ2v) is 13.9. The molecule has 0 saturated heterocycles. The Morgan fingerprint density at radius 1 is 0.652 bits per heavy atom. The first-order valence-corrected chi connectivity index (χ1v) is 16.8. The summed E-state index contributed by atoms with van der Waals surface area (Å²) in [5.41, 5.74) is 16.8. The van der Waals surface area contributed by atoms with Gasteiger partial charge >= 0.3 is 0 Å². The van der Waals surface area contributed by atoms with Crippen molar-refractivity contribution in [1.82, 2.24) is 5.32 Å². The van der Waals surface area contributed by atoms with Gasteiger partial charge in [-0.3, -0.25) is 5.32 Å². The highest BCUT2D eigenvalue weighted by Gasteiger charge is 2.36. The van der Waals surface area contributed by atoms with Crippen molar-refractivity contribution in [2.45, 2.75) is 31.5 Å². The molecule has 1 heterocycles. The molecular weight excluding hydrogens is 577 g/mol. The van der Waals surface area contributed by atoms with Gasteiger partial charge in [0.05, 0.1) is 12.2 Å². The highest BCUT2D eigenvalue weighted by molar-refractivity contribution is 7.22. The average Bonchev–Trinajstić information content (AvgIpc) is 3.63. The van der Waals surface area contributed by atoms with Crippen LogP contribution in [0.25, 0.3) is 48.5 Å². The van der Waals surface area contributed by atoms with Crippen molar-refractivity contribution in [3.63, 3.8) is 0 Å². The van der Waals surface area contributed by atoms with Gasteiger partial charge in [-0.15, -0.1) is 11.3 Å². The van der Waals surface area contributed by atoms with Crippen molar-refractivity contribution in [2.24, 2.45) is 5.73 Å². The van der Waals surface area contributed by atoms with Gasteiger partial charge in [-0.2, -0.15) is 0 Å². The molecule has 0 amide bonds. The summed E-state index contributed by atoms with van der Waals surface area (Å²) < 4.78 is 1.30. The molecule has 0 spiro atoms. The summed E-state index contributed by atoms with van der Waals surface area (Å²) in [7, 11) is 0. The molecular formula is C43H36N2S. The molecule has 1 aliphatic carbocycles. The standard InChI is InChI=1S/C43H36N2S/c1-43(2)36-20-11-17-28(41(36)35-25-30-14-6-7-15-31(30)26-37(35)43)22-23-38(45-42(44)29-12-4-3-5-13-29)32-18-10-19-33(24-32)40-27-34-16-8-9-21-39(34)46-40/h3-27,38,42,45H,44H2,1-2H3/b23-22+. The minimum Gasteiger partial charge on any atom is -0.312 e. The van der Waals surface area contributed by atoms with Gasteiger partial charge in [-0.25, -0.2) is 0 Å². The van der Waals surface area contributed by atoms with E-state index in [1.807, 2.05) is 29.5 Å². The summed E-state index contributed by atoms with van der Waals surface area (Å²) in [6, 6.07) is 50.1. The summed E-state index contributed by atoms with van der Waals surface area (Å²) in [5, 5.41) is 7.59. The van der Waals surface area contributed by atoms with Gasteiger partial charge in [-0.05, 0) is 91.0 Å². The molecule has 224 valence electrons. The Bertz CT molecular complexity index is 2210. The van der Waals surface area contributed by atoms with Crippen LogP contribution < -0.4 is 11.1 Å². The molecule has 3 heteroatoms. The lowest BCUT2D eigenvalue weighted by molar-refractivity contribution is 0.509. The van der Waals surface area contributed by atoms with Crippen molar-refractivity contribution in [2.75, 3.05) is 0 Å². The molecule has 0 saturated carbocycles. The minimum atomic E-state index is -0.323. The van der Waals surface area contributed by atoms with E-state index in [2.05, 4.69) is 153 Å². The third-order valence-corrected chi connectivity index (χ3v) is 10.7. The predicted octanol–water partition coefficient (Wildman–Crippen LogP) is 11.0. The topological polar surface area (TPSA) is 38.0 Å². The van der Waals surface area contributed by atoms with E-state index in [1.54, 1.807) is 0 Å². The number of fused-ring (bicyclic) bond motifs is 5. The van der Waals surface area contributed by atoms with E-state index in [9.17, 15) is 0 Å². The number of nitrogens with one attached hydrogen (secondary N) is 1. The molecule has 0 bridgehead atoms. The fourth-order valence-electron chi connectivity index (χ4n) is 7.06. The lowest BCUT2D eigenvalue weighted by atomic mass is 9.81. The molecule has 1 aliphatic rings. The molecule has 1 aromatic heterocycles. The number of thiophene rings is 1. The highest BCUT2D eigenvalue weighted by atomic mass is 32.1. The largest absolute Gasteiger partial charge is 0.312 e. The normalized spacial score (nSPS) is 14.8. The second kappa shape index (κ2) is 11.5. The van der Waals surface area contributed by atoms with Crippen LogP contribution in [0.4, 0.5) is 0 Å². The molecule has 0 fully saturated rings. The predicted molar refractivity (Wildman–Crippen MR) is 197 cm³/mol. The third kappa shape index (κ3) is 5.07. The first-order valence-electron chi connectivity index (χ1n) is 16.0. The maximum Gasteiger partial charge on any atom is 0.0817 e. The zero-order valence-electron chi connectivity index (χ0n) is 26.1. The smallest absolute Gasteiger partial charge is 0.0817 e. The Balaban J connectivity index is 1.21. The quantitative estimate of drug-likeness (QED) is 0.176. The van der Waals surface area contributed by atoms with Crippen LogP contribution in [0.5, 0.6) is 0 Å². The Kier molecular flexibility index (Phi) is 7.18. The molecule has 3 N–H and O–H groups in total. The van der Waals surface area contributed by atoms with Crippen molar-refractivity contribution in [3.05, 3.63) is 173 Å². The lowest BCUT2D eigenvalue weighted by Gasteiger charge is -2.23. The first kappa shape index (κ1) is 28.7. The SMILES string of the molecule is CC1(C)c2cc3ccccc3cc2-c2c(/C=C/C(NC(N)c3ccccc3)c3cccc(-c4cc5ccccc5s4)c3)cccc21. The van der Waals surface area contributed by atoms with Gasteiger partial charge in [0.1, 0.15) is 0 Å². The Hall–Kier alpha value is -4.80. The molecule has 6 aromatic carbocycles.